The van der Waals surface area contributed by atoms with Gasteiger partial charge < -0.3 is 10.6 Å². The number of nitrogens with zero attached hydrogens (tertiary/aromatic N) is 1. The van der Waals surface area contributed by atoms with Crippen LogP contribution in [0, 0.1) is 11.8 Å². The van der Waals surface area contributed by atoms with Crippen LogP contribution in [0.4, 0.5) is 0 Å². The minimum Gasteiger partial charge on any atom is -0.341 e. The van der Waals surface area contributed by atoms with Crippen LogP contribution in [0.25, 0.3) is 0 Å². The molecule has 1 aromatic carbocycles. The van der Waals surface area contributed by atoms with Gasteiger partial charge in [-0.3, -0.25) is 4.79 Å². The number of hydrogen-bond acceptors (Lipinski definition) is 3. The number of amides is 1. The lowest BCUT2D eigenvalue weighted by atomic mass is 9.98. The summed E-state index contributed by atoms with van der Waals surface area (Å²) >= 11 is 7.62. The molecule has 3 unspecified atom stereocenters. The largest absolute Gasteiger partial charge is 0.341 e. The third-order valence-corrected chi connectivity index (χ3v) is 5.87. The molecule has 1 saturated carbocycles. The molecule has 2 N–H and O–H groups in total. The zero-order valence-corrected chi connectivity index (χ0v) is 14.8. The van der Waals surface area contributed by atoms with E-state index < -0.39 is 0 Å². The van der Waals surface area contributed by atoms with Gasteiger partial charge in [0.15, 0.2) is 0 Å². The van der Waals surface area contributed by atoms with Crippen molar-refractivity contribution in [1.82, 2.24) is 4.90 Å². The summed E-state index contributed by atoms with van der Waals surface area (Å²) in [5.41, 5.74) is 7.28. The molecule has 22 heavy (non-hydrogen) atoms. The van der Waals surface area contributed by atoms with E-state index >= 15 is 0 Å². The fourth-order valence-electron chi connectivity index (χ4n) is 3.49. The molecule has 2 aliphatic rings. The molecule has 1 amide bonds. The van der Waals surface area contributed by atoms with E-state index in [-0.39, 0.29) is 18.3 Å². The quantitative estimate of drug-likeness (QED) is 0.896. The molecule has 0 radical (unpaired) electrons. The number of carbonyl (C=O) groups is 1. The van der Waals surface area contributed by atoms with Crippen molar-refractivity contribution in [3.8, 4) is 0 Å². The SMILES string of the molecule is Cl.NC1CCC2CN(C(=O)CSCc3cccc(Cl)c3)CC12. The fraction of sp³-hybridized carbons (Fsp3) is 0.562. The first-order valence-corrected chi connectivity index (χ1v) is 9.02. The van der Waals surface area contributed by atoms with Gasteiger partial charge in [-0.15, -0.1) is 24.2 Å². The van der Waals surface area contributed by atoms with Crippen LogP contribution in [0.2, 0.25) is 5.02 Å². The number of thioether (sulfide) groups is 1. The third kappa shape index (κ3) is 4.10. The van der Waals surface area contributed by atoms with Gasteiger partial charge in [-0.05, 0) is 42.4 Å². The molecule has 1 aromatic rings. The number of likely N-dealkylation sites (tertiary alicyclic amines) is 1. The molecule has 1 aliphatic heterocycles. The zero-order valence-electron chi connectivity index (χ0n) is 12.4. The van der Waals surface area contributed by atoms with Gasteiger partial charge in [0.25, 0.3) is 0 Å². The standard InChI is InChI=1S/C16H21ClN2OS.ClH/c17-13-3-1-2-11(6-13)9-21-10-16(20)19-7-12-4-5-15(18)14(12)8-19;/h1-3,6,12,14-15H,4-5,7-10,18H2;1H. The maximum atomic E-state index is 12.3. The smallest absolute Gasteiger partial charge is 0.232 e. The first-order chi connectivity index (χ1) is 10.1. The number of fused-ring (bicyclic) bond motifs is 1. The van der Waals surface area contributed by atoms with E-state index in [2.05, 4.69) is 0 Å². The van der Waals surface area contributed by atoms with Crippen molar-refractivity contribution in [2.24, 2.45) is 17.6 Å². The molecular formula is C16H22Cl2N2OS. The number of halogens is 2. The number of nitrogens with two attached hydrogens (primary N) is 1. The second-order valence-electron chi connectivity index (χ2n) is 6.09. The Morgan fingerprint density at radius 2 is 2.18 bits per heavy atom. The first kappa shape index (κ1) is 17.9. The highest BCUT2D eigenvalue weighted by molar-refractivity contribution is 7.99. The van der Waals surface area contributed by atoms with Crippen molar-refractivity contribution in [3.63, 3.8) is 0 Å². The van der Waals surface area contributed by atoms with Crippen LogP contribution < -0.4 is 5.73 Å². The lowest BCUT2D eigenvalue weighted by molar-refractivity contribution is -0.127. The molecule has 0 bridgehead atoms. The average Bonchev–Trinajstić information content (AvgIpc) is 3.02. The predicted octanol–water partition coefficient (Wildman–Crippen LogP) is 3.19. The van der Waals surface area contributed by atoms with Gasteiger partial charge in [-0.2, -0.15) is 0 Å². The Labute approximate surface area is 147 Å². The molecule has 122 valence electrons. The molecule has 1 saturated heterocycles. The van der Waals surface area contributed by atoms with Crippen LogP contribution in [0.3, 0.4) is 0 Å². The molecule has 3 atom stereocenters. The zero-order chi connectivity index (χ0) is 14.8. The van der Waals surface area contributed by atoms with E-state index in [1.807, 2.05) is 29.2 Å². The predicted molar refractivity (Wildman–Crippen MR) is 95.6 cm³/mol. The van der Waals surface area contributed by atoms with Crippen LogP contribution in [0.15, 0.2) is 24.3 Å². The van der Waals surface area contributed by atoms with E-state index in [9.17, 15) is 4.79 Å². The Kier molecular flexibility index (Phi) is 6.45. The highest BCUT2D eigenvalue weighted by Crippen LogP contribution is 2.37. The Bertz CT molecular complexity index is 529. The van der Waals surface area contributed by atoms with E-state index in [1.54, 1.807) is 11.8 Å². The summed E-state index contributed by atoms with van der Waals surface area (Å²) in [7, 11) is 0. The lowest BCUT2D eigenvalue weighted by Gasteiger charge is -2.18. The maximum absolute atomic E-state index is 12.3. The van der Waals surface area contributed by atoms with Crippen molar-refractivity contribution in [2.45, 2.75) is 24.6 Å². The Hall–Kier alpha value is -0.420. The Morgan fingerprint density at radius 3 is 2.91 bits per heavy atom. The maximum Gasteiger partial charge on any atom is 0.232 e. The highest BCUT2D eigenvalue weighted by Gasteiger charge is 2.42. The van der Waals surface area contributed by atoms with Gasteiger partial charge >= 0.3 is 0 Å². The highest BCUT2D eigenvalue weighted by atomic mass is 35.5. The summed E-state index contributed by atoms with van der Waals surface area (Å²) < 4.78 is 0. The summed E-state index contributed by atoms with van der Waals surface area (Å²) in [5.74, 6) is 2.80. The van der Waals surface area contributed by atoms with Crippen molar-refractivity contribution < 1.29 is 4.79 Å². The third-order valence-electron chi connectivity index (χ3n) is 4.65. The molecule has 0 spiro atoms. The molecule has 1 heterocycles. The van der Waals surface area contributed by atoms with Crippen molar-refractivity contribution >= 4 is 41.7 Å². The van der Waals surface area contributed by atoms with Crippen LogP contribution in [0.1, 0.15) is 18.4 Å². The number of hydrogen-bond donors (Lipinski definition) is 1. The number of rotatable bonds is 4. The molecule has 3 rings (SSSR count). The van der Waals surface area contributed by atoms with Crippen molar-refractivity contribution in [3.05, 3.63) is 34.9 Å². The van der Waals surface area contributed by atoms with Gasteiger partial charge in [-0.25, -0.2) is 0 Å². The monoisotopic (exact) mass is 360 g/mol. The first-order valence-electron chi connectivity index (χ1n) is 7.49. The second-order valence-corrected chi connectivity index (χ2v) is 7.51. The lowest BCUT2D eigenvalue weighted by Crippen LogP contribution is -2.34. The second kappa shape index (κ2) is 7.91. The van der Waals surface area contributed by atoms with Gasteiger partial charge in [0.2, 0.25) is 5.91 Å². The average molecular weight is 361 g/mol. The van der Waals surface area contributed by atoms with Crippen molar-refractivity contribution in [1.29, 1.82) is 0 Å². The topological polar surface area (TPSA) is 46.3 Å². The summed E-state index contributed by atoms with van der Waals surface area (Å²) in [5, 5.41) is 0.751. The van der Waals surface area contributed by atoms with Gasteiger partial charge in [0.05, 0.1) is 5.75 Å². The molecule has 2 fully saturated rings. The summed E-state index contributed by atoms with van der Waals surface area (Å²) in [6, 6.07) is 8.11. The Balaban J connectivity index is 0.00000176. The van der Waals surface area contributed by atoms with E-state index in [0.29, 0.717) is 23.6 Å². The Morgan fingerprint density at radius 1 is 1.36 bits per heavy atom. The normalized spacial score (nSPS) is 26.6. The molecule has 6 heteroatoms. The van der Waals surface area contributed by atoms with E-state index in [1.165, 1.54) is 12.0 Å². The number of benzene rings is 1. The van der Waals surface area contributed by atoms with Crippen LogP contribution in [0.5, 0.6) is 0 Å². The van der Waals surface area contributed by atoms with Crippen LogP contribution in [-0.4, -0.2) is 35.7 Å². The fourth-order valence-corrected chi connectivity index (χ4v) is 4.57. The molecule has 0 aromatic heterocycles. The summed E-state index contributed by atoms with van der Waals surface area (Å²) in [4.78, 5) is 14.3. The minimum absolute atomic E-state index is 0. The summed E-state index contributed by atoms with van der Waals surface area (Å²) in [6.45, 7) is 1.78. The minimum atomic E-state index is 0. The van der Waals surface area contributed by atoms with Crippen LogP contribution in [-0.2, 0) is 10.5 Å². The molecule has 1 aliphatic carbocycles. The van der Waals surface area contributed by atoms with E-state index in [4.69, 9.17) is 17.3 Å². The van der Waals surface area contributed by atoms with E-state index in [0.717, 1.165) is 30.3 Å². The van der Waals surface area contributed by atoms with Gasteiger partial charge in [0, 0.05) is 29.9 Å². The molecular weight excluding hydrogens is 339 g/mol. The van der Waals surface area contributed by atoms with Crippen LogP contribution >= 0.6 is 35.8 Å². The summed E-state index contributed by atoms with van der Waals surface area (Å²) in [6.07, 6.45) is 2.31. The molecule has 3 nitrogen and oxygen atoms in total. The van der Waals surface area contributed by atoms with Crippen molar-refractivity contribution in [2.75, 3.05) is 18.8 Å². The number of carbonyl (C=O) groups excluding carboxylic acids is 1. The van der Waals surface area contributed by atoms with Gasteiger partial charge in [-0.1, -0.05) is 23.7 Å². The van der Waals surface area contributed by atoms with Gasteiger partial charge in [0.1, 0.15) is 0 Å².